The SMILES string of the molecule is CCNC(=O)Cc1ccc(NCc2cccc(Cl)c2)cc1. The van der Waals surface area contributed by atoms with E-state index >= 15 is 0 Å². The molecular formula is C17H19ClN2O. The topological polar surface area (TPSA) is 41.1 Å². The molecule has 2 N–H and O–H groups in total. The Hall–Kier alpha value is -2.00. The van der Waals surface area contributed by atoms with Crippen molar-refractivity contribution in [2.45, 2.75) is 19.9 Å². The van der Waals surface area contributed by atoms with Crippen LogP contribution in [0.1, 0.15) is 18.1 Å². The molecule has 0 atom stereocenters. The van der Waals surface area contributed by atoms with Gasteiger partial charge >= 0.3 is 0 Å². The van der Waals surface area contributed by atoms with Crippen molar-refractivity contribution >= 4 is 23.2 Å². The van der Waals surface area contributed by atoms with E-state index in [9.17, 15) is 4.79 Å². The van der Waals surface area contributed by atoms with E-state index in [-0.39, 0.29) is 5.91 Å². The molecule has 0 aliphatic heterocycles. The number of carbonyl (C=O) groups is 1. The molecule has 0 fully saturated rings. The Morgan fingerprint density at radius 1 is 1.10 bits per heavy atom. The minimum atomic E-state index is 0.0529. The lowest BCUT2D eigenvalue weighted by Gasteiger charge is -2.08. The molecule has 0 radical (unpaired) electrons. The average molecular weight is 303 g/mol. The Balaban J connectivity index is 1.89. The van der Waals surface area contributed by atoms with Crippen LogP contribution in [0.15, 0.2) is 48.5 Å². The number of benzene rings is 2. The number of rotatable bonds is 6. The summed E-state index contributed by atoms with van der Waals surface area (Å²) >= 11 is 5.96. The van der Waals surface area contributed by atoms with Crippen LogP contribution in [0.2, 0.25) is 5.02 Å². The predicted octanol–water partition coefficient (Wildman–Crippen LogP) is 3.63. The lowest BCUT2D eigenvalue weighted by Crippen LogP contribution is -2.24. The van der Waals surface area contributed by atoms with Gasteiger partial charge < -0.3 is 10.6 Å². The van der Waals surface area contributed by atoms with Crippen LogP contribution in [0.3, 0.4) is 0 Å². The first kappa shape index (κ1) is 15.4. The largest absolute Gasteiger partial charge is 0.381 e. The third kappa shape index (κ3) is 5.12. The molecule has 0 heterocycles. The van der Waals surface area contributed by atoms with Gasteiger partial charge in [0.15, 0.2) is 0 Å². The van der Waals surface area contributed by atoms with Crippen LogP contribution in [0.25, 0.3) is 0 Å². The number of amides is 1. The summed E-state index contributed by atoms with van der Waals surface area (Å²) in [5.41, 5.74) is 3.16. The van der Waals surface area contributed by atoms with Crippen LogP contribution in [0.5, 0.6) is 0 Å². The predicted molar refractivity (Wildman–Crippen MR) is 87.6 cm³/mol. The Morgan fingerprint density at radius 3 is 2.52 bits per heavy atom. The van der Waals surface area contributed by atoms with Gasteiger partial charge in [0.2, 0.25) is 5.91 Å². The van der Waals surface area contributed by atoms with Crippen molar-refractivity contribution in [3.05, 3.63) is 64.7 Å². The summed E-state index contributed by atoms with van der Waals surface area (Å²) in [6.07, 6.45) is 0.419. The summed E-state index contributed by atoms with van der Waals surface area (Å²) in [6, 6.07) is 15.7. The van der Waals surface area contributed by atoms with Gasteiger partial charge in [-0.1, -0.05) is 35.9 Å². The van der Waals surface area contributed by atoms with E-state index in [1.807, 2.05) is 55.5 Å². The Bertz CT molecular complexity index is 596. The quantitative estimate of drug-likeness (QED) is 0.855. The summed E-state index contributed by atoms with van der Waals surface area (Å²) in [5, 5.41) is 6.87. The molecule has 0 aliphatic carbocycles. The van der Waals surface area contributed by atoms with Crippen molar-refractivity contribution in [3.63, 3.8) is 0 Å². The van der Waals surface area contributed by atoms with Gasteiger partial charge in [-0.2, -0.15) is 0 Å². The molecular weight excluding hydrogens is 284 g/mol. The summed E-state index contributed by atoms with van der Waals surface area (Å²) in [7, 11) is 0. The van der Waals surface area contributed by atoms with Crippen molar-refractivity contribution in [1.82, 2.24) is 5.32 Å². The molecule has 0 unspecified atom stereocenters. The number of hydrogen-bond acceptors (Lipinski definition) is 2. The third-order valence-electron chi connectivity index (χ3n) is 3.08. The number of hydrogen-bond donors (Lipinski definition) is 2. The summed E-state index contributed by atoms with van der Waals surface area (Å²) in [4.78, 5) is 11.5. The van der Waals surface area contributed by atoms with E-state index in [1.54, 1.807) is 0 Å². The maximum Gasteiger partial charge on any atom is 0.224 e. The average Bonchev–Trinajstić information content (AvgIpc) is 2.47. The van der Waals surface area contributed by atoms with Gasteiger partial charge in [-0.25, -0.2) is 0 Å². The van der Waals surface area contributed by atoms with Crippen molar-refractivity contribution in [2.24, 2.45) is 0 Å². The molecule has 110 valence electrons. The van der Waals surface area contributed by atoms with E-state index in [0.29, 0.717) is 13.0 Å². The maximum absolute atomic E-state index is 11.5. The van der Waals surface area contributed by atoms with E-state index in [1.165, 1.54) is 0 Å². The number of carbonyl (C=O) groups excluding carboxylic acids is 1. The summed E-state index contributed by atoms with van der Waals surface area (Å²) in [5.74, 6) is 0.0529. The van der Waals surface area contributed by atoms with Crippen LogP contribution >= 0.6 is 11.6 Å². The van der Waals surface area contributed by atoms with Gasteiger partial charge in [0.05, 0.1) is 6.42 Å². The molecule has 0 saturated carbocycles. The molecule has 0 aliphatic rings. The number of likely N-dealkylation sites (N-methyl/N-ethyl adjacent to an activating group) is 1. The molecule has 4 heteroatoms. The molecule has 2 aromatic rings. The van der Waals surface area contributed by atoms with E-state index in [4.69, 9.17) is 11.6 Å². The third-order valence-corrected chi connectivity index (χ3v) is 3.31. The number of anilines is 1. The van der Waals surface area contributed by atoms with Crippen LogP contribution in [0, 0.1) is 0 Å². The molecule has 0 aromatic heterocycles. The fourth-order valence-electron chi connectivity index (χ4n) is 2.04. The van der Waals surface area contributed by atoms with Gasteiger partial charge in [-0.05, 0) is 42.3 Å². The maximum atomic E-state index is 11.5. The fourth-order valence-corrected chi connectivity index (χ4v) is 2.25. The molecule has 0 bridgehead atoms. The zero-order valence-corrected chi connectivity index (χ0v) is 12.8. The van der Waals surface area contributed by atoms with Crippen LogP contribution < -0.4 is 10.6 Å². The highest BCUT2D eigenvalue weighted by Gasteiger charge is 2.02. The van der Waals surface area contributed by atoms with Gasteiger partial charge in [-0.15, -0.1) is 0 Å². The molecule has 21 heavy (non-hydrogen) atoms. The Labute approximate surface area is 130 Å². The van der Waals surface area contributed by atoms with Gasteiger partial charge in [0, 0.05) is 23.8 Å². The normalized spacial score (nSPS) is 10.2. The highest BCUT2D eigenvalue weighted by molar-refractivity contribution is 6.30. The molecule has 0 saturated heterocycles. The minimum absolute atomic E-state index is 0.0529. The van der Waals surface area contributed by atoms with E-state index in [2.05, 4.69) is 10.6 Å². The van der Waals surface area contributed by atoms with Gasteiger partial charge in [0.25, 0.3) is 0 Å². The zero-order valence-electron chi connectivity index (χ0n) is 12.0. The molecule has 2 aromatic carbocycles. The second kappa shape index (κ2) is 7.70. The lowest BCUT2D eigenvalue weighted by atomic mass is 10.1. The monoisotopic (exact) mass is 302 g/mol. The Kier molecular flexibility index (Phi) is 5.64. The first-order chi connectivity index (χ1) is 10.2. The zero-order chi connectivity index (χ0) is 15.1. The summed E-state index contributed by atoms with van der Waals surface area (Å²) in [6.45, 7) is 3.30. The van der Waals surface area contributed by atoms with Crippen LogP contribution in [-0.4, -0.2) is 12.5 Å². The Morgan fingerprint density at radius 2 is 1.86 bits per heavy atom. The second-order valence-electron chi connectivity index (χ2n) is 4.81. The first-order valence-electron chi connectivity index (χ1n) is 7.01. The molecule has 0 spiro atoms. The summed E-state index contributed by atoms with van der Waals surface area (Å²) < 4.78 is 0. The second-order valence-corrected chi connectivity index (χ2v) is 5.25. The minimum Gasteiger partial charge on any atom is -0.381 e. The van der Waals surface area contributed by atoms with Gasteiger partial charge in [0.1, 0.15) is 0 Å². The van der Waals surface area contributed by atoms with Gasteiger partial charge in [-0.3, -0.25) is 4.79 Å². The van der Waals surface area contributed by atoms with E-state index < -0.39 is 0 Å². The van der Waals surface area contributed by atoms with Crippen molar-refractivity contribution in [1.29, 1.82) is 0 Å². The van der Waals surface area contributed by atoms with Crippen molar-refractivity contribution < 1.29 is 4.79 Å². The first-order valence-corrected chi connectivity index (χ1v) is 7.39. The smallest absolute Gasteiger partial charge is 0.224 e. The van der Waals surface area contributed by atoms with Crippen LogP contribution in [0.4, 0.5) is 5.69 Å². The molecule has 1 amide bonds. The molecule has 2 rings (SSSR count). The highest BCUT2D eigenvalue weighted by Crippen LogP contribution is 2.14. The number of halogens is 1. The highest BCUT2D eigenvalue weighted by atomic mass is 35.5. The fraction of sp³-hybridized carbons (Fsp3) is 0.235. The van der Waals surface area contributed by atoms with Crippen molar-refractivity contribution in [3.8, 4) is 0 Å². The van der Waals surface area contributed by atoms with E-state index in [0.717, 1.165) is 28.4 Å². The van der Waals surface area contributed by atoms with Crippen molar-refractivity contribution in [2.75, 3.05) is 11.9 Å². The molecule has 3 nitrogen and oxygen atoms in total. The lowest BCUT2D eigenvalue weighted by molar-refractivity contribution is -0.120. The number of nitrogens with one attached hydrogen (secondary N) is 2. The van der Waals surface area contributed by atoms with Crippen LogP contribution in [-0.2, 0) is 17.8 Å². The standard InChI is InChI=1S/C17H19ClN2O/c1-2-19-17(21)11-13-6-8-16(9-7-13)20-12-14-4-3-5-15(18)10-14/h3-10,20H,2,11-12H2,1H3,(H,19,21).